The third-order valence-electron chi connectivity index (χ3n) is 5.16. The smallest absolute Gasteiger partial charge is 0.225 e. The lowest BCUT2D eigenvalue weighted by Gasteiger charge is -2.40. The average Bonchev–Trinajstić information content (AvgIpc) is 2.63. The molecule has 2 aromatic carbocycles. The second-order valence-corrected chi connectivity index (χ2v) is 6.87. The number of carbonyl (C=O) groups is 1. The van der Waals surface area contributed by atoms with E-state index in [-0.39, 0.29) is 23.7 Å². The van der Waals surface area contributed by atoms with Gasteiger partial charge in [-0.25, -0.2) is 4.39 Å². The summed E-state index contributed by atoms with van der Waals surface area (Å²) in [5.41, 5.74) is 9.17. The number of fused-ring (bicyclic) bond motifs is 2. The summed E-state index contributed by atoms with van der Waals surface area (Å²) in [5, 5.41) is 0.787. The summed E-state index contributed by atoms with van der Waals surface area (Å²) >= 11 is 0. The van der Waals surface area contributed by atoms with Crippen LogP contribution in [0, 0.1) is 5.82 Å². The van der Waals surface area contributed by atoms with E-state index in [0.717, 1.165) is 27.7 Å². The van der Waals surface area contributed by atoms with Gasteiger partial charge in [0.1, 0.15) is 5.82 Å². The van der Waals surface area contributed by atoms with Crippen LogP contribution in [0.5, 0.6) is 0 Å². The van der Waals surface area contributed by atoms with E-state index in [1.165, 1.54) is 6.07 Å². The second kappa shape index (κ2) is 6.41. The minimum atomic E-state index is -0.304. The Kier molecular flexibility index (Phi) is 4.07. The lowest BCUT2D eigenvalue weighted by molar-refractivity contribution is -0.119. The highest BCUT2D eigenvalue weighted by molar-refractivity contribution is 5.86. The molecular formula is C21H20FN3O. The van der Waals surface area contributed by atoms with E-state index in [0.29, 0.717) is 13.0 Å². The van der Waals surface area contributed by atoms with Crippen molar-refractivity contribution in [2.45, 2.75) is 31.8 Å². The molecule has 0 aliphatic carbocycles. The summed E-state index contributed by atoms with van der Waals surface area (Å²) in [4.78, 5) is 18.5. The molecule has 0 fully saturated rings. The van der Waals surface area contributed by atoms with Crippen molar-refractivity contribution >= 4 is 22.5 Å². The van der Waals surface area contributed by atoms with Crippen LogP contribution in [0.4, 0.5) is 10.1 Å². The van der Waals surface area contributed by atoms with Crippen molar-refractivity contribution in [3.63, 3.8) is 0 Å². The Bertz CT molecular complexity index is 988. The summed E-state index contributed by atoms with van der Waals surface area (Å²) in [6.07, 6.45) is 2.37. The van der Waals surface area contributed by atoms with Crippen LogP contribution in [0.15, 0.2) is 54.7 Å². The van der Waals surface area contributed by atoms with Crippen LogP contribution < -0.4 is 10.6 Å². The van der Waals surface area contributed by atoms with Crippen molar-refractivity contribution in [2.24, 2.45) is 5.73 Å². The molecule has 4 rings (SSSR count). The summed E-state index contributed by atoms with van der Waals surface area (Å²) in [5.74, 6) is -0.866. The lowest BCUT2D eigenvalue weighted by atomic mass is 9.85. The van der Waals surface area contributed by atoms with Gasteiger partial charge in [-0.15, -0.1) is 0 Å². The molecule has 2 N–H and O–H groups in total. The third kappa shape index (κ3) is 2.79. The van der Waals surface area contributed by atoms with Gasteiger partial charge in [-0.3, -0.25) is 9.78 Å². The maximum atomic E-state index is 14.1. The lowest BCUT2D eigenvalue weighted by Crippen LogP contribution is -2.41. The van der Waals surface area contributed by atoms with Gasteiger partial charge < -0.3 is 10.6 Å². The van der Waals surface area contributed by atoms with Crippen LogP contribution in [0.2, 0.25) is 0 Å². The molecule has 1 aromatic heterocycles. The topological polar surface area (TPSA) is 59.2 Å². The molecule has 0 unspecified atom stereocenters. The Morgan fingerprint density at radius 1 is 1.27 bits per heavy atom. The standard InChI is InChI=1S/C21H20FN3O/c1-13-9-18(21(23)26)17-6-2-3-7-19(17)25(13)12-15-11-16(22)10-14-5-4-8-24-20(14)15/h2-8,10-11,13,18H,9,12H2,1H3,(H2,23,26)/t13-,18+/m0/s1. The molecule has 3 aromatic rings. The minimum absolute atomic E-state index is 0.101. The van der Waals surface area contributed by atoms with Gasteiger partial charge in [0.05, 0.1) is 11.4 Å². The number of nitrogens with zero attached hydrogens (tertiary/aromatic N) is 2. The predicted octanol–water partition coefficient (Wildman–Crippen LogP) is 3.74. The molecule has 0 bridgehead atoms. The number of anilines is 1. The Balaban J connectivity index is 1.79. The Morgan fingerprint density at radius 2 is 2.08 bits per heavy atom. The van der Waals surface area contributed by atoms with Crippen LogP contribution in [-0.4, -0.2) is 16.9 Å². The second-order valence-electron chi connectivity index (χ2n) is 6.87. The van der Waals surface area contributed by atoms with Gasteiger partial charge in [0.2, 0.25) is 5.91 Å². The van der Waals surface area contributed by atoms with Crippen molar-refractivity contribution in [3.05, 3.63) is 71.7 Å². The summed E-state index contributed by atoms with van der Waals surface area (Å²) in [7, 11) is 0. The number of carbonyl (C=O) groups excluding carboxylic acids is 1. The first kappa shape index (κ1) is 16.5. The fourth-order valence-corrected chi connectivity index (χ4v) is 3.92. The third-order valence-corrected chi connectivity index (χ3v) is 5.16. The van der Waals surface area contributed by atoms with Crippen LogP contribution in [0.1, 0.15) is 30.4 Å². The first-order valence-corrected chi connectivity index (χ1v) is 8.72. The predicted molar refractivity (Wildman–Crippen MR) is 100 cm³/mol. The number of rotatable bonds is 3. The molecule has 2 atom stereocenters. The van der Waals surface area contributed by atoms with E-state index >= 15 is 0 Å². The fourth-order valence-electron chi connectivity index (χ4n) is 3.92. The van der Waals surface area contributed by atoms with E-state index in [1.54, 1.807) is 12.3 Å². The molecule has 0 spiro atoms. The van der Waals surface area contributed by atoms with Gasteiger partial charge in [0.25, 0.3) is 0 Å². The van der Waals surface area contributed by atoms with E-state index in [4.69, 9.17) is 5.73 Å². The molecule has 26 heavy (non-hydrogen) atoms. The minimum Gasteiger partial charge on any atom is -0.369 e. The molecule has 0 radical (unpaired) electrons. The van der Waals surface area contributed by atoms with Gasteiger partial charge in [-0.05, 0) is 43.2 Å². The van der Waals surface area contributed by atoms with Crippen molar-refractivity contribution < 1.29 is 9.18 Å². The maximum absolute atomic E-state index is 14.1. The van der Waals surface area contributed by atoms with Gasteiger partial charge >= 0.3 is 0 Å². The first-order valence-electron chi connectivity index (χ1n) is 8.72. The molecule has 132 valence electrons. The molecule has 1 aliphatic rings. The fraction of sp³-hybridized carbons (Fsp3) is 0.238. The maximum Gasteiger partial charge on any atom is 0.225 e. The number of hydrogen-bond donors (Lipinski definition) is 1. The van der Waals surface area contributed by atoms with Crippen LogP contribution in [-0.2, 0) is 11.3 Å². The van der Waals surface area contributed by atoms with Crippen molar-refractivity contribution in [1.29, 1.82) is 0 Å². The molecule has 2 heterocycles. The normalized spacial score (nSPS) is 19.4. The highest BCUT2D eigenvalue weighted by Crippen LogP contribution is 2.39. The Hall–Kier alpha value is -2.95. The molecule has 0 saturated heterocycles. The number of pyridine rings is 1. The van der Waals surface area contributed by atoms with Crippen LogP contribution in [0.3, 0.4) is 0 Å². The zero-order valence-electron chi connectivity index (χ0n) is 14.5. The van der Waals surface area contributed by atoms with Gasteiger partial charge in [-0.2, -0.15) is 0 Å². The zero-order valence-corrected chi connectivity index (χ0v) is 14.5. The van der Waals surface area contributed by atoms with Crippen molar-refractivity contribution in [1.82, 2.24) is 4.98 Å². The summed E-state index contributed by atoms with van der Waals surface area (Å²) in [6, 6.07) is 14.6. The molecule has 5 heteroatoms. The number of halogens is 1. The molecule has 1 amide bonds. The number of nitrogens with two attached hydrogens (primary N) is 1. The first-order chi connectivity index (χ1) is 12.5. The molecule has 0 saturated carbocycles. The van der Waals surface area contributed by atoms with Crippen molar-refractivity contribution in [2.75, 3.05) is 4.90 Å². The highest BCUT2D eigenvalue weighted by atomic mass is 19.1. The number of primary amides is 1. The Labute approximate surface area is 151 Å². The number of hydrogen-bond acceptors (Lipinski definition) is 3. The number of amides is 1. The Morgan fingerprint density at radius 3 is 2.88 bits per heavy atom. The molecule has 4 nitrogen and oxygen atoms in total. The van der Waals surface area contributed by atoms with Crippen LogP contribution in [0.25, 0.3) is 10.9 Å². The number of para-hydroxylation sites is 1. The zero-order chi connectivity index (χ0) is 18.3. The van der Waals surface area contributed by atoms with Gasteiger partial charge in [0, 0.05) is 35.4 Å². The highest BCUT2D eigenvalue weighted by Gasteiger charge is 2.33. The van der Waals surface area contributed by atoms with E-state index < -0.39 is 0 Å². The summed E-state index contributed by atoms with van der Waals surface area (Å²) < 4.78 is 14.1. The number of benzene rings is 2. The summed E-state index contributed by atoms with van der Waals surface area (Å²) in [6.45, 7) is 2.59. The van der Waals surface area contributed by atoms with E-state index in [2.05, 4.69) is 16.8 Å². The SMILES string of the molecule is C[C@H]1C[C@@H](C(N)=O)c2ccccc2N1Cc1cc(F)cc2cccnc12. The average molecular weight is 349 g/mol. The number of aromatic nitrogens is 1. The van der Waals surface area contributed by atoms with Crippen molar-refractivity contribution in [3.8, 4) is 0 Å². The van der Waals surface area contributed by atoms with E-state index in [1.807, 2.05) is 36.4 Å². The van der Waals surface area contributed by atoms with Gasteiger partial charge in [-0.1, -0.05) is 24.3 Å². The van der Waals surface area contributed by atoms with E-state index in [9.17, 15) is 9.18 Å². The quantitative estimate of drug-likeness (QED) is 0.783. The van der Waals surface area contributed by atoms with Crippen LogP contribution >= 0.6 is 0 Å². The van der Waals surface area contributed by atoms with Gasteiger partial charge in [0.15, 0.2) is 0 Å². The largest absolute Gasteiger partial charge is 0.369 e. The molecular weight excluding hydrogens is 329 g/mol. The monoisotopic (exact) mass is 349 g/mol. The molecule has 1 aliphatic heterocycles.